The molecule has 0 aromatic carbocycles. The summed E-state index contributed by atoms with van der Waals surface area (Å²) in [5.41, 5.74) is 0.682. The summed E-state index contributed by atoms with van der Waals surface area (Å²) >= 11 is 1.56. The summed E-state index contributed by atoms with van der Waals surface area (Å²) in [5, 5.41) is 4.32. The van der Waals surface area contributed by atoms with Crippen LogP contribution in [0.1, 0.15) is 36.0 Å². The lowest BCUT2D eigenvalue weighted by atomic mass is 9.94. The van der Waals surface area contributed by atoms with Crippen LogP contribution in [0.4, 0.5) is 4.39 Å². The highest BCUT2D eigenvalue weighted by Crippen LogP contribution is 2.28. The molecule has 0 unspecified atom stereocenters. The van der Waals surface area contributed by atoms with E-state index in [0.29, 0.717) is 5.56 Å². The van der Waals surface area contributed by atoms with Gasteiger partial charge in [0.2, 0.25) is 0 Å². The Hall–Kier alpha value is -0.900. The molecule has 15 heavy (non-hydrogen) atoms. The lowest BCUT2D eigenvalue weighted by Crippen LogP contribution is -2.25. The average molecular weight is 229 g/mol. The van der Waals surface area contributed by atoms with Crippen LogP contribution in [0.15, 0.2) is 11.4 Å². The molecule has 2 nitrogen and oxygen atoms in total. The minimum absolute atomic E-state index is 0.0588. The summed E-state index contributed by atoms with van der Waals surface area (Å²) in [6, 6.07) is 1.87. The number of halogens is 1. The van der Waals surface area contributed by atoms with Crippen molar-refractivity contribution < 1.29 is 9.18 Å². The molecule has 1 rings (SSSR count). The fourth-order valence-electron chi connectivity index (χ4n) is 1.11. The van der Waals surface area contributed by atoms with Crippen molar-refractivity contribution in [1.29, 1.82) is 0 Å². The first kappa shape index (κ1) is 12.2. The third-order valence-corrected chi connectivity index (χ3v) is 3.34. The van der Waals surface area contributed by atoms with E-state index in [2.05, 4.69) is 26.1 Å². The van der Waals surface area contributed by atoms with Crippen molar-refractivity contribution in [1.82, 2.24) is 5.32 Å². The van der Waals surface area contributed by atoms with Crippen LogP contribution in [0.2, 0.25) is 0 Å². The second-order valence-corrected chi connectivity index (χ2v) is 5.31. The van der Waals surface area contributed by atoms with Gasteiger partial charge in [-0.1, -0.05) is 20.8 Å². The van der Waals surface area contributed by atoms with Gasteiger partial charge in [0.05, 0.1) is 5.56 Å². The topological polar surface area (TPSA) is 29.1 Å². The van der Waals surface area contributed by atoms with Crippen LogP contribution in [0.5, 0.6) is 0 Å². The highest BCUT2D eigenvalue weighted by atomic mass is 32.1. The van der Waals surface area contributed by atoms with Crippen molar-refractivity contribution in [3.63, 3.8) is 0 Å². The van der Waals surface area contributed by atoms with E-state index in [9.17, 15) is 9.18 Å². The number of carbonyl (C=O) groups excluding carboxylic acids is 1. The molecule has 0 atom stereocenters. The Morgan fingerprint density at radius 3 is 2.67 bits per heavy atom. The number of thiophene rings is 1. The molecule has 0 bridgehead atoms. The molecule has 1 heterocycles. The maximum absolute atomic E-state index is 11.9. The zero-order chi connectivity index (χ0) is 11.5. The van der Waals surface area contributed by atoms with Gasteiger partial charge in [0.25, 0.3) is 5.91 Å². The van der Waals surface area contributed by atoms with Crippen molar-refractivity contribution in [2.75, 3.05) is 13.2 Å². The Morgan fingerprint density at radius 2 is 2.20 bits per heavy atom. The first-order chi connectivity index (χ1) is 6.95. The van der Waals surface area contributed by atoms with Gasteiger partial charge in [-0.15, -0.1) is 11.3 Å². The molecule has 0 spiro atoms. The number of nitrogens with one attached hydrogen (secondary N) is 1. The van der Waals surface area contributed by atoms with E-state index in [4.69, 9.17) is 0 Å². The normalized spacial score (nSPS) is 11.5. The first-order valence-electron chi connectivity index (χ1n) is 4.88. The van der Waals surface area contributed by atoms with E-state index in [1.165, 1.54) is 0 Å². The van der Waals surface area contributed by atoms with Crippen molar-refractivity contribution >= 4 is 17.2 Å². The van der Waals surface area contributed by atoms with Crippen LogP contribution in [-0.2, 0) is 5.41 Å². The lowest BCUT2D eigenvalue weighted by molar-refractivity contribution is 0.0951. The van der Waals surface area contributed by atoms with Gasteiger partial charge in [-0.25, -0.2) is 4.39 Å². The monoisotopic (exact) mass is 229 g/mol. The predicted molar refractivity (Wildman–Crippen MR) is 61.3 cm³/mol. The van der Waals surface area contributed by atoms with Gasteiger partial charge in [-0.05, 0) is 11.5 Å². The third kappa shape index (κ3) is 3.30. The SMILES string of the molecule is CC(C)(C)c1cc(C(=O)NCCF)cs1. The van der Waals surface area contributed by atoms with E-state index in [1.807, 2.05) is 11.4 Å². The molecule has 1 N–H and O–H groups in total. The Morgan fingerprint density at radius 1 is 1.53 bits per heavy atom. The van der Waals surface area contributed by atoms with Crippen molar-refractivity contribution in [3.8, 4) is 0 Å². The molecule has 0 aliphatic heterocycles. The molecular weight excluding hydrogens is 213 g/mol. The number of carbonyl (C=O) groups is 1. The van der Waals surface area contributed by atoms with Crippen LogP contribution >= 0.6 is 11.3 Å². The summed E-state index contributed by atoms with van der Waals surface area (Å²) in [6.45, 7) is 5.85. The third-order valence-electron chi connectivity index (χ3n) is 1.98. The summed E-state index contributed by atoms with van der Waals surface area (Å²) in [4.78, 5) is 12.6. The van der Waals surface area contributed by atoms with E-state index in [-0.39, 0.29) is 17.9 Å². The minimum atomic E-state index is -0.526. The fourth-order valence-corrected chi connectivity index (χ4v) is 2.09. The number of hydrogen-bond donors (Lipinski definition) is 1. The summed E-state index contributed by atoms with van der Waals surface area (Å²) < 4.78 is 11.9. The van der Waals surface area contributed by atoms with Crippen LogP contribution in [-0.4, -0.2) is 19.1 Å². The molecule has 1 aromatic rings. The van der Waals surface area contributed by atoms with Gasteiger partial charge in [0.1, 0.15) is 6.67 Å². The van der Waals surface area contributed by atoms with Gasteiger partial charge < -0.3 is 5.32 Å². The van der Waals surface area contributed by atoms with E-state index in [1.54, 1.807) is 11.3 Å². The fraction of sp³-hybridized carbons (Fsp3) is 0.545. The zero-order valence-electron chi connectivity index (χ0n) is 9.26. The maximum atomic E-state index is 11.9. The van der Waals surface area contributed by atoms with Crippen molar-refractivity contribution in [2.45, 2.75) is 26.2 Å². The standard InChI is InChI=1S/C11H16FNOS/c1-11(2,3)9-6-8(7-15-9)10(14)13-5-4-12/h6-7H,4-5H2,1-3H3,(H,13,14). The molecule has 0 radical (unpaired) electrons. The molecule has 0 saturated carbocycles. The number of rotatable bonds is 3. The molecule has 0 aliphatic carbocycles. The number of alkyl halides is 1. The first-order valence-corrected chi connectivity index (χ1v) is 5.76. The number of amides is 1. The molecule has 0 fully saturated rings. The second-order valence-electron chi connectivity index (χ2n) is 4.39. The molecule has 84 valence electrons. The van der Waals surface area contributed by atoms with E-state index < -0.39 is 6.67 Å². The highest BCUT2D eigenvalue weighted by Gasteiger charge is 2.17. The zero-order valence-corrected chi connectivity index (χ0v) is 10.1. The molecule has 0 saturated heterocycles. The van der Waals surface area contributed by atoms with Crippen LogP contribution in [0, 0.1) is 0 Å². The maximum Gasteiger partial charge on any atom is 0.252 e. The minimum Gasteiger partial charge on any atom is -0.349 e. The largest absolute Gasteiger partial charge is 0.349 e. The van der Waals surface area contributed by atoms with Crippen LogP contribution in [0.3, 0.4) is 0 Å². The Bertz CT molecular complexity index is 341. The van der Waals surface area contributed by atoms with Gasteiger partial charge >= 0.3 is 0 Å². The van der Waals surface area contributed by atoms with Gasteiger partial charge in [-0.3, -0.25) is 4.79 Å². The second kappa shape index (κ2) is 4.75. The average Bonchev–Trinajstić information content (AvgIpc) is 2.62. The quantitative estimate of drug-likeness (QED) is 0.848. The Balaban J connectivity index is 2.72. The van der Waals surface area contributed by atoms with Crippen LogP contribution < -0.4 is 5.32 Å². The molecule has 1 amide bonds. The summed E-state index contributed by atoms with van der Waals surface area (Å²) in [5.74, 6) is -0.195. The molecule has 0 aliphatic rings. The van der Waals surface area contributed by atoms with E-state index in [0.717, 1.165) is 4.88 Å². The highest BCUT2D eigenvalue weighted by molar-refractivity contribution is 7.10. The predicted octanol–water partition coefficient (Wildman–Crippen LogP) is 2.74. The summed E-state index contributed by atoms with van der Waals surface area (Å²) in [6.07, 6.45) is 0. The van der Waals surface area contributed by atoms with Crippen molar-refractivity contribution in [2.24, 2.45) is 0 Å². The van der Waals surface area contributed by atoms with E-state index >= 15 is 0 Å². The Labute approximate surface area is 93.5 Å². The lowest BCUT2D eigenvalue weighted by Gasteiger charge is -2.15. The number of hydrogen-bond acceptors (Lipinski definition) is 2. The molecule has 1 aromatic heterocycles. The van der Waals surface area contributed by atoms with Crippen LogP contribution in [0.25, 0.3) is 0 Å². The van der Waals surface area contributed by atoms with Crippen molar-refractivity contribution in [3.05, 3.63) is 21.9 Å². The molecular formula is C11H16FNOS. The molecule has 4 heteroatoms. The van der Waals surface area contributed by atoms with Gasteiger partial charge in [0.15, 0.2) is 0 Å². The van der Waals surface area contributed by atoms with Gasteiger partial charge in [0, 0.05) is 16.8 Å². The Kier molecular flexibility index (Phi) is 3.85. The summed E-state index contributed by atoms with van der Waals surface area (Å²) in [7, 11) is 0. The smallest absolute Gasteiger partial charge is 0.252 e. The van der Waals surface area contributed by atoms with Gasteiger partial charge in [-0.2, -0.15) is 0 Å².